The molecule has 0 bridgehead atoms. The molecule has 2 aromatic carbocycles. The number of carbonyl (C=O) groups excluding carboxylic acids is 1. The van der Waals surface area contributed by atoms with Crippen molar-refractivity contribution in [2.24, 2.45) is 5.73 Å². The van der Waals surface area contributed by atoms with Crippen molar-refractivity contribution in [3.05, 3.63) is 65.2 Å². The van der Waals surface area contributed by atoms with Gasteiger partial charge < -0.3 is 20.8 Å². The van der Waals surface area contributed by atoms with E-state index in [1.165, 1.54) is 17.0 Å². The lowest BCUT2D eigenvalue weighted by Gasteiger charge is -2.36. The van der Waals surface area contributed by atoms with E-state index in [9.17, 15) is 19.8 Å². The number of aromatic hydroxyl groups is 1. The first kappa shape index (κ1) is 17.0. The smallest absolute Gasteiger partial charge is 0.326 e. The molecule has 0 saturated heterocycles. The third kappa shape index (κ3) is 3.64. The molecule has 2 atom stereocenters. The van der Waals surface area contributed by atoms with Crippen molar-refractivity contribution in [1.29, 1.82) is 0 Å². The maximum Gasteiger partial charge on any atom is 0.326 e. The Hall–Kier alpha value is -2.86. The predicted octanol–water partition coefficient (Wildman–Crippen LogP) is 1.30. The van der Waals surface area contributed by atoms with Gasteiger partial charge in [0.15, 0.2) is 0 Å². The summed E-state index contributed by atoms with van der Waals surface area (Å²) in [6.07, 6.45) is 0.562. The third-order valence-corrected chi connectivity index (χ3v) is 4.53. The Morgan fingerprint density at radius 2 is 1.76 bits per heavy atom. The SMILES string of the molecule is N[C@@H](Cc1ccc(O)cc1)C(=O)N1Cc2ccccc2C[C@@H]1C(=O)O. The molecule has 0 unspecified atom stereocenters. The fourth-order valence-corrected chi connectivity index (χ4v) is 3.16. The third-order valence-electron chi connectivity index (χ3n) is 4.53. The summed E-state index contributed by atoms with van der Waals surface area (Å²) < 4.78 is 0. The molecule has 1 amide bonds. The maximum atomic E-state index is 12.8. The minimum atomic E-state index is -1.03. The first-order chi connectivity index (χ1) is 12.0. The zero-order chi connectivity index (χ0) is 18.0. The normalized spacial score (nSPS) is 17.6. The van der Waals surface area contributed by atoms with Gasteiger partial charge in [-0.1, -0.05) is 36.4 Å². The molecular formula is C19H20N2O4. The summed E-state index contributed by atoms with van der Waals surface area (Å²) in [6.45, 7) is 0.245. The van der Waals surface area contributed by atoms with Crippen LogP contribution in [0.2, 0.25) is 0 Å². The number of aliphatic carboxylic acids is 1. The van der Waals surface area contributed by atoms with E-state index in [1.807, 2.05) is 24.3 Å². The second-order valence-electron chi connectivity index (χ2n) is 6.27. The number of rotatable bonds is 4. The lowest BCUT2D eigenvalue weighted by molar-refractivity contribution is -0.152. The molecule has 4 N–H and O–H groups in total. The van der Waals surface area contributed by atoms with Crippen LogP contribution in [0.15, 0.2) is 48.5 Å². The Labute approximate surface area is 145 Å². The van der Waals surface area contributed by atoms with Gasteiger partial charge in [-0.05, 0) is 35.2 Å². The number of carboxylic acids is 1. The summed E-state index contributed by atoms with van der Waals surface area (Å²) in [6, 6.07) is 12.2. The first-order valence-electron chi connectivity index (χ1n) is 8.09. The van der Waals surface area contributed by atoms with Crippen molar-refractivity contribution < 1.29 is 19.8 Å². The molecule has 6 nitrogen and oxygen atoms in total. The van der Waals surface area contributed by atoms with Crippen molar-refractivity contribution in [2.45, 2.75) is 31.5 Å². The second-order valence-corrected chi connectivity index (χ2v) is 6.27. The van der Waals surface area contributed by atoms with Crippen LogP contribution in [0.1, 0.15) is 16.7 Å². The Morgan fingerprint density at radius 1 is 1.12 bits per heavy atom. The molecule has 0 spiro atoms. The Morgan fingerprint density at radius 3 is 2.40 bits per heavy atom. The summed E-state index contributed by atoms with van der Waals surface area (Å²) >= 11 is 0. The van der Waals surface area contributed by atoms with Crippen LogP contribution in [0, 0.1) is 0 Å². The van der Waals surface area contributed by atoms with Crippen molar-refractivity contribution in [1.82, 2.24) is 4.90 Å². The fraction of sp³-hybridized carbons (Fsp3) is 0.263. The number of nitrogens with zero attached hydrogens (tertiary/aromatic N) is 1. The standard InChI is InChI=1S/C19H20N2O4/c20-16(9-12-5-7-15(22)8-6-12)18(23)21-11-14-4-2-1-3-13(14)10-17(21)19(24)25/h1-8,16-17,22H,9-11,20H2,(H,24,25)/t16-,17+/m0/s1. The highest BCUT2D eigenvalue weighted by Crippen LogP contribution is 2.24. The molecule has 2 aromatic rings. The molecule has 1 aliphatic rings. The number of phenolic OH excluding ortho intramolecular Hbond substituents is 1. The van der Waals surface area contributed by atoms with Gasteiger partial charge in [0.2, 0.25) is 5.91 Å². The van der Waals surface area contributed by atoms with Crippen LogP contribution in [0.5, 0.6) is 5.75 Å². The molecule has 0 aromatic heterocycles. The minimum Gasteiger partial charge on any atom is -0.508 e. The van der Waals surface area contributed by atoms with Crippen molar-refractivity contribution in [2.75, 3.05) is 0 Å². The van der Waals surface area contributed by atoms with Crippen LogP contribution < -0.4 is 5.73 Å². The van der Waals surface area contributed by atoms with Crippen molar-refractivity contribution in [3.8, 4) is 5.75 Å². The van der Waals surface area contributed by atoms with Crippen LogP contribution in [-0.4, -0.2) is 39.1 Å². The molecule has 0 saturated carbocycles. The van der Waals surface area contributed by atoms with E-state index in [0.717, 1.165) is 16.7 Å². The highest BCUT2D eigenvalue weighted by Gasteiger charge is 2.36. The molecule has 6 heteroatoms. The van der Waals surface area contributed by atoms with Gasteiger partial charge in [0.05, 0.1) is 6.04 Å². The van der Waals surface area contributed by atoms with Gasteiger partial charge in [-0.2, -0.15) is 0 Å². The zero-order valence-corrected chi connectivity index (χ0v) is 13.6. The van der Waals surface area contributed by atoms with Gasteiger partial charge in [0, 0.05) is 13.0 Å². The van der Waals surface area contributed by atoms with E-state index in [1.54, 1.807) is 12.1 Å². The van der Waals surface area contributed by atoms with Crippen molar-refractivity contribution in [3.63, 3.8) is 0 Å². The van der Waals surface area contributed by atoms with Gasteiger partial charge in [-0.3, -0.25) is 4.79 Å². The molecular weight excluding hydrogens is 320 g/mol. The number of hydrogen-bond donors (Lipinski definition) is 3. The average Bonchev–Trinajstić information content (AvgIpc) is 2.61. The predicted molar refractivity (Wildman–Crippen MR) is 91.9 cm³/mol. The van der Waals surface area contributed by atoms with Gasteiger partial charge in [-0.25, -0.2) is 4.79 Å². The van der Waals surface area contributed by atoms with Gasteiger partial charge in [-0.15, -0.1) is 0 Å². The molecule has 130 valence electrons. The number of fused-ring (bicyclic) bond motifs is 1. The fourth-order valence-electron chi connectivity index (χ4n) is 3.16. The van der Waals surface area contributed by atoms with E-state index in [-0.39, 0.29) is 31.0 Å². The highest BCUT2D eigenvalue weighted by atomic mass is 16.4. The quantitative estimate of drug-likeness (QED) is 0.778. The van der Waals surface area contributed by atoms with Crippen LogP contribution in [0.25, 0.3) is 0 Å². The number of nitrogens with two attached hydrogens (primary N) is 1. The second kappa shape index (κ2) is 6.94. The van der Waals surface area contributed by atoms with Crippen LogP contribution in [0.4, 0.5) is 0 Å². The molecule has 0 fully saturated rings. The monoisotopic (exact) mass is 340 g/mol. The highest BCUT2D eigenvalue weighted by molar-refractivity contribution is 5.87. The first-order valence-corrected chi connectivity index (χ1v) is 8.09. The number of benzene rings is 2. The lowest BCUT2D eigenvalue weighted by Crippen LogP contribution is -2.54. The minimum absolute atomic E-state index is 0.141. The number of carbonyl (C=O) groups is 2. The van der Waals surface area contributed by atoms with Gasteiger partial charge in [0.1, 0.15) is 11.8 Å². The van der Waals surface area contributed by atoms with Crippen molar-refractivity contribution >= 4 is 11.9 Å². The number of phenols is 1. The molecule has 1 heterocycles. The number of carboxylic acid groups (broad SMARTS) is 1. The Bertz CT molecular complexity index is 788. The van der Waals surface area contributed by atoms with E-state index in [0.29, 0.717) is 0 Å². The van der Waals surface area contributed by atoms with Gasteiger partial charge in [0.25, 0.3) is 0 Å². The van der Waals surface area contributed by atoms with Gasteiger partial charge >= 0.3 is 5.97 Å². The summed E-state index contributed by atoms with van der Waals surface area (Å²) in [7, 11) is 0. The topological polar surface area (TPSA) is 104 Å². The number of amides is 1. The summed E-state index contributed by atoms with van der Waals surface area (Å²) in [5, 5.41) is 18.8. The Balaban J connectivity index is 1.79. The summed E-state index contributed by atoms with van der Waals surface area (Å²) in [4.78, 5) is 25.8. The molecule has 3 rings (SSSR count). The summed E-state index contributed by atoms with van der Waals surface area (Å²) in [5.41, 5.74) is 8.76. The van der Waals surface area contributed by atoms with Crippen LogP contribution in [0.3, 0.4) is 0 Å². The molecule has 25 heavy (non-hydrogen) atoms. The molecule has 0 radical (unpaired) electrons. The largest absolute Gasteiger partial charge is 0.508 e. The lowest BCUT2D eigenvalue weighted by atomic mass is 9.93. The maximum absolute atomic E-state index is 12.8. The zero-order valence-electron chi connectivity index (χ0n) is 13.6. The summed E-state index contributed by atoms with van der Waals surface area (Å²) in [5.74, 6) is -1.27. The molecule has 0 aliphatic carbocycles. The number of hydrogen-bond acceptors (Lipinski definition) is 4. The van der Waals surface area contributed by atoms with E-state index < -0.39 is 18.1 Å². The van der Waals surface area contributed by atoms with E-state index in [2.05, 4.69) is 0 Å². The van der Waals surface area contributed by atoms with Crippen LogP contribution >= 0.6 is 0 Å². The van der Waals surface area contributed by atoms with E-state index >= 15 is 0 Å². The van der Waals surface area contributed by atoms with E-state index in [4.69, 9.17) is 5.73 Å². The van der Waals surface area contributed by atoms with Crippen LogP contribution in [-0.2, 0) is 29.0 Å². The Kier molecular flexibility index (Phi) is 4.72. The molecule has 1 aliphatic heterocycles. The average molecular weight is 340 g/mol.